The van der Waals surface area contributed by atoms with Crippen LogP contribution >= 0.6 is 0 Å². The van der Waals surface area contributed by atoms with E-state index in [4.69, 9.17) is 0 Å². The van der Waals surface area contributed by atoms with Crippen molar-refractivity contribution in [1.82, 2.24) is 0 Å². The summed E-state index contributed by atoms with van der Waals surface area (Å²) >= 11 is 0. The predicted octanol–water partition coefficient (Wildman–Crippen LogP) is 2.46. The highest BCUT2D eigenvalue weighted by Crippen LogP contribution is 2.03. The van der Waals surface area contributed by atoms with Gasteiger partial charge >= 0.3 is 0 Å². The molecule has 0 fully saturated rings. The van der Waals surface area contributed by atoms with Gasteiger partial charge in [0.2, 0.25) is 0 Å². The molecule has 1 aromatic rings. The van der Waals surface area contributed by atoms with Crippen LogP contribution in [0.3, 0.4) is 0 Å². The van der Waals surface area contributed by atoms with Crippen molar-refractivity contribution in [3.8, 4) is 0 Å². The Balaban J connectivity index is 3.03. The maximum absolute atomic E-state index is 4.03. The molecule has 1 rings (SSSR count). The normalized spacial score (nSPS) is 12.8. The Bertz CT molecular complexity index is 360. The summed E-state index contributed by atoms with van der Waals surface area (Å²) in [5.74, 6) is 0. The number of unbranched alkanes of at least 4 members (excludes halogenated alkanes) is 1. The number of hydrogen-bond acceptors (Lipinski definition) is 0. The van der Waals surface area contributed by atoms with Gasteiger partial charge in [-0.2, -0.15) is 0 Å². The monoisotopic (exact) mass is 174 g/mol. The first kappa shape index (κ1) is 10.0. The molecule has 0 saturated heterocycles. The van der Waals surface area contributed by atoms with Crippen molar-refractivity contribution in [1.29, 1.82) is 0 Å². The third-order valence-corrected chi connectivity index (χ3v) is 2.38. The summed E-state index contributed by atoms with van der Waals surface area (Å²) in [6.45, 7) is 8.46. The van der Waals surface area contributed by atoms with Crippen LogP contribution < -0.4 is 10.4 Å². The first-order valence-corrected chi connectivity index (χ1v) is 4.99. The lowest BCUT2D eigenvalue weighted by Crippen LogP contribution is -2.24. The molecule has 0 heteroatoms. The fourth-order valence-electron chi connectivity index (χ4n) is 1.51. The highest BCUT2D eigenvalue weighted by Gasteiger charge is 1.91. The van der Waals surface area contributed by atoms with E-state index in [1.165, 1.54) is 30.1 Å². The Kier molecular flexibility index (Phi) is 3.75. The maximum Gasteiger partial charge on any atom is -0.0201 e. The average molecular weight is 174 g/mol. The zero-order valence-electron chi connectivity index (χ0n) is 8.64. The quantitative estimate of drug-likeness (QED) is 0.660. The van der Waals surface area contributed by atoms with Gasteiger partial charge in [-0.05, 0) is 30.2 Å². The van der Waals surface area contributed by atoms with E-state index in [0.29, 0.717) is 0 Å². The third-order valence-electron chi connectivity index (χ3n) is 2.38. The van der Waals surface area contributed by atoms with Crippen molar-refractivity contribution < 1.29 is 0 Å². The summed E-state index contributed by atoms with van der Waals surface area (Å²) in [5.41, 5.74) is 1.47. The molecule has 0 saturated carbocycles. The second kappa shape index (κ2) is 4.86. The van der Waals surface area contributed by atoms with Crippen LogP contribution in [0.25, 0.3) is 12.2 Å². The predicted molar refractivity (Wildman–Crippen MR) is 59.8 cm³/mol. The van der Waals surface area contributed by atoms with Crippen LogP contribution in [0, 0.1) is 0 Å². The Morgan fingerprint density at radius 2 is 2.00 bits per heavy atom. The van der Waals surface area contributed by atoms with Crippen molar-refractivity contribution >= 4 is 12.2 Å². The molecule has 0 heterocycles. The van der Waals surface area contributed by atoms with E-state index in [2.05, 4.69) is 38.6 Å². The van der Waals surface area contributed by atoms with Crippen molar-refractivity contribution in [3.05, 3.63) is 34.7 Å². The summed E-state index contributed by atoms with van der Waals surface area (Å²) in [5, 5.41) is 2.48. The smallest absolute Gasteiger partial charge is 0.0201 e. The van der Waals surface area contributed by atoms with Crippen LogP contribution in [0.4, 0.5) is 0 Å². The molecule has 0 aliphatic rings. The topological polar surface area (TPSA) is 0 Å². The fourth-order valence-corrected chi connectivity index (χ4v) is 1.51. The van der Waals surface area contributed by atoms with Gasteiger partial charge in [0.05, 0.1) is 0 Å². The summed E-state index contributed by atoms with van der Waals surface area (Å²) in [6, 6.07) is 8.36. The zero-order valence-corrected chi connectivity index (χ0v) is 8.64. The van der Waals surface area contributed by atoms with Crippen molar-refractivity contribution in [2.24, 2.45) is 0 Å². The van der Waals surface area contributed by atoms with E-state index in [1.807, 2.05) is 6.07 Å². The van der Waals surface area contributed by atoms with E-state index in [-0.39, 0.29) is 0 Å². The molecule has 70 valence electrons. The standard InChI is InChI=1S/C13H18/c1-4-5-8-11(2)13-10-7-6-9-12(13)3/h6-7,9-10H,3-5,8H2,1-2H3/b13-11+. The van der Waals surface area contributed by atoms with E-state index >= 15 is 0 Å². The molecular weight excluding hydrogens is 156 g/mol. The Hall–Kier alpha value is -1.04. The summed E-state index contributed by atoms with van der Waals surface area (Å²) in [6.07, 6.45) is 3.74. The van der Waals surface area contributed by atoms with Crippen LogP contribution in [-0.2, 0) is 0 Å². The van der Waals surface area contributed by atoms with Gasteiger partial charge in [-0.3, -0.25) is 0 Å². The van der Waals surface area contributed by atoms with Crippen molar-refractivity contribution in [2.75, 3.05) is 0 Å². The molecule has 0 amide bonds. The summed E-state index contributed by atoms with van der Waals surface area (Å²) in [4.78, 5) is 0. The van der Waals surface area contributed by atoms with E-state index in [9.17, 15) is 0 Å². The molecular formula is C13H18. The molecule has 0 bridgehead atoms. The molecule has 0 N–H and O–H groups in total. The molecule has 0 atom stereocenters. The van der Waals surface area contributed by atoms with Crippen molar-refractivity contribution in [2.45, 2.75) is 33.1 Å². The molecule has 0 nitrogen and oxygen atoms in total. The molecule has 0 spiro atoms. The minimum absolute atomic E-state index is 1.15. The highest BCUT2D eigenvalue weighted by molar-refractivity contribution is 5.42. The van der Waals surface area contributed by atoms with Crippen LogP contribution in [0.5, 0.6) is 0 Å². The number of hydrogen-bond donors (Lipinski definition) is 0. The number of benzene rings is 1. The maximum atomic E-state index is 4.03. The molecule has 0 aliphatic carbocycles. The van der Waals surface area contributed by atoms with Gasteiger partial charge < -0.3 is 0 Å². The first-order valence-electron chi connectivity index (χ1n) is 4.99. The fraction of sp³-hybridized carbons (Fsp3) is 0.385. The zero-order chi connectivity index (χ0) is 9.68. The minimum Gasteiger partial charge on any atom is -0.0912 e. The molecule has 0 radical (unpaired) electrons. The first-order chi connectivity index (χ1) is 6.25. The SMILES string of the molecule is C=c1cccc/c1=C(/C)CCCC. The molecule has 0 unspecified atom stereocenters. The Labute approximate surface area is 80.6 Å². The van der Waals surface area contributed by atoms with Gasteiger partial charge in [-0.15, -0.1) is 0 Å². The second-order valence-corrected chi connectivity index (χ2v) is 3.54. The molecule has 13 heavy (non-hydrogen) atoms. The van der Waals surface area contributed by atoms with E-state index in [1.54, 1.807) is 0 Å². The molecule has 0 aliphatic heterocycles. The van der Waals surface area contributed by atoms with Gasteiger partial charge in [-0.25, -0.2) is 0 Å². The molecule has 0 aromatic heterocycles. The average Bonchev–Trinajstić information content (AvgIpc) is 2.15. The second-order valence-electron chi connectivity index (χ2n) is 3.54. The van der Waals surface area contributed by atoms with Crippen LogP contribution in [0.1, 0.15) is 33.1 Å². The van der Waals surface area contributed by atoms with Gasteiger partial charge in [-0.1, -0.05) is 49.8 Å². The minimum atomic E-state index is 1.15. The van der Waals surface area contributed by atoms with E-state index in [0.717, 1.165) is 5.22 Å². The van der Waals surface area contributed by atoms with Crippen LogP contribution in [0.15, 0.2) is 24.3 Å². The van der Waals surface area contributed by atoms with Crippen LogP contribution in [-0.4, -0.2) is 0 Å². The summed E-state index contributed by atoms with van der Waals surface area (Å²) in [7, 11) is 0. The lowest BCUT2D eigenvalue weighted by molar-refractivity contribution is 0.818. The Morgan fingerprint density at radius 1 is 1.31 bits per heavy atom. The molecule has 1 aromatic carbocycles. The number of rotatable bonds is 3. The van der Waals surface area contributed by atoms with E-state index < -0.39 is 0 Å². The van der Waals surface area contributed by atoms with Gasteiger partial charge in [0, 0.05) is 0 Å². The lowest BCUT2D eigenvalue weighted by atomic mass is 10.1. The Morgan fingerprint density at radius 3 is 2.62 bits per heavy atom. The highest BCUT2D eigenvalue weighted by atomic mass is 14.0. The van der Waals surface area contributed by atoms with Gasteiger partial charge in [0.1, 0.15) is 0 Å². The van der Waals surface area contributed by atoms with Gasteiger partial charge in [0.25, 0.3) is 0 Å². The largest absolute Gasteiger partial charge is 0.0912 e. The van der Waals surface area contributed by atoms with Crippen LogP contribution in [0.2, 0.25) is 0 Å². The lowest BCUT2D eigenvalue weighted by Gasteiger charge is -1.99. The van der Waals surface area contributed by atoms with Gasteiger partial charge in [0.15, 0.2) is 0 Å². The van der Waals surface area contributed by atoms with Crippen molar-refractivity contribution in [3.63, 3.8) is 0 Å². The summed E-state index contributed by atoms with van der Waals surface area (Å²) < 4.78 is 0. The third kappa shape index (κ3) is 2.73.